The molecule has 0 saturated carbocycles. The highest BCUT2D eigenvalue weighted by molar-refractivity contribution is 5.77. The van der Waals surface area contributed by atoms with Gasteiger partial charge in [0.2, 0.25) is 5.91 Å². The van der Waals surface area contributed by atoms with E-state index < -0.39 is 0 Å². The Labute approximate surface area is 152 Å². The molecule has 1 amide bonds. The van der Waals surface area contributed by atoms with Gasteiger partial charge in [0.1, 0.15) is 18.2 Å². The summed E-state index contributed by atoms with van der Waals surface area (Å²) < 4.78 is 20.4. The van der Waals surface area contributed by atoms with Crippen LogP contribution in [0.25, 0.3) is 11.3 Å². The summed E-state index contributed by atoms with van der Waals surface area (Å²) in [6.07, 6.45) is 3.52. The second-order valence-electron chi connectivity index (χ2n) is 6.95. The standard InChI is InChI=1S/C19H23FN4O2/c1-26-13-17(25)23-9-6-19(7-10-23)18-21-12-16(24(18)11-8-22-19)14-2-4-15(20)5-3-14/h2-5,12,22H,6-11,13H2,1H3. The Hall–Kier alpha value is -2.25. The van der Waals surface area contributed by atoms with Crippen LogP contribution in [0.3, 0.4) is 0 Å². The fourth-order valence-electron chi connectivity index (χ4n) is 4.07. The summed E-state index contributed by atoms with van der Waals surface area (Å²) in [7, 11) is 1.54. The first kappa shape index (κ1) is 17.2. The first-order valence-electron chi connectivity index (χ1n) is 8.97. The second-order valence-corrected chi connectivity index (χ2v) is 6.95. The summed E-state index contributed by atoms with van der Waals surface area (Å²) in [4.78, 5) is 18.6. The van der Waals surface area contributed by atoms with Crippen LogP contribution in [0, 0.1) is 5.82 Å². The predicted molar refractivity (Wildman–Crippen MR) is 95.0 cm³/mol. The van der Waals surface area contributed by atoms with Crippen molar-refractivity contribution < 1.29 is 13.9 Å². The van der Waals surface area contributed by atoms with Crippen molar-refractivity contribution >= 4 is 5.91 Å². The molecule has 1 spiro atoms. The van der Waals surface area contributed by atoms with E-state index in [4.69, 9.17) is 9.72 Å². The summed E-state index contributed by atoms with van der Waals surface area (Å²) in [6.45, 7) is 3.19. The third kappa shape index (κ3) is 2.91. The van der Waals surface area contributed by atoms with E-state index in [9.17, 15) is 9.18 Å². The molecule has 0 unspecified atom stereocenters. The van der Waals surface area contributed by atoms with Gasteiger partial charge in [0, 0.05) is 33.3 Å². The number of rotatable bonds is 3. The van der Waals surface area contributed by atoms with Crippen LogP contribution in [0.1, 0.15) is 18.7 Å². The van der Waals surface area contributed by atoms with Crippen LogP contribution in [0.2, 0.25) is 0 Å². The number of ether oxygens (including phenoxy) is 1. The summed E-state index contributed by atoms with van der Waals surface area (Å²) in [5.74, 6) is 0.814. The van der Waals surface area contributed by atoms with E-state index in [0.717, 1.165) is 43.0 Å². The van der Waals surface area contributed by atoms with Gasteiger partial charge < -0.3 is 19.5 Å². The molecule has 0 atom stereocenters. The fraction of sp³-hybridized carbons (Fsp3) is 0.474. The molecule has 2 aliphatic rings. The number of hydrogen-bond acceptors (Lipinski definition) is 4. The Morgan fingerprint density at radius 3 is 2.69 bits per heavy atom. The maximum Gasteiger partial charge on any atom is 0.248 e. The molecule has 2 aliphatic heterocycles. The van der Waals surface area contributed by atoms with E-state index in [-0.39, 0.29) is 23.9 Å². The quantitative estimate of drug-likeness (QED) is 0.908. The molecule has 26 heavy (non-hydrogen) atoms. The molecular weight excluding hydrogens is 335 g/mol. The maximum absolute atomic E-state index is 13.2. The monoisotopic (exact) mass is 358 g/mol. The van der Waals surface area contributed by atoms with E-state index in [0.29, 0.717) is 13.1 Å². The minimum Gasteiger partial charge on any atom is -0.375 e. The number of nitrogens with one attached hydrogen (secondary N) is 1. The zero-order chi connectivity index (χ0) is 18.1. The second kappa shape index (κ2) is 6.81. The third-order valence-corrected chi connectivity index (χ3v) is 5.46. The molecule has 2 aromatic rings. The molecule has 1 aromatic carbocycles. The van der Waals surface area contributed by atoms with Crippen molar-refractivity contribution in [3.63, 3.8) is 0 Å². The highest BCUT2D eigenvalue weighted by Gasteiger charge is 2.42. The molecule has 4 rings (SSSR count). The molecule has 3 heterocycles. The highest BCUT2D eigenvalue weighted by atomic mass is 19.1. The van der Waals surface area contributed by atoms with Gasteiger partial charge in [0.15, 0.2) is 0 Å². The van der Waals surface area contributed by atoms with Crippen molar-refractivity contribution in [1.29, 1.82) is 0 Å². The number of methoxy groups -OCH3 is 1. The third-order valence-electron chi connectivity index (χ3n) is 5.46. The lowest BCUT2D eigenvalue weighted by Crippen LogP contribution is -2.56. The Morgan fingerprint density at radius 1 is 1.27 bits per heavy atom. The normalized spacial score (nSPS) is 18.8. The average Bonchev–Trinajstić information content (AvgIpc) is 3.09. The number of aromatic nitrogens is 2. The van der Waals surface area contributed by atoms with Gasteiger partial charge >= 0.3 is 0 Å². The van der Waals surface area contributed by atoms with Gasteiger partial charge in [0.05, 0.1) is 17.4 Å². The summed E-state index contributed by atoms with van der Waals surface area (Å²) in [6, 6.07) is 6.54. The molecular formula is C19H23FN4O2. The summed E-state index contributed by atoms with van der Waals surface area (Å²) >= 11 is 0. The van der Waals surface area contributed by atoms with E-state index in [1.807, 2.05) is 11.1 Å². The van der Waals surface area contributed by atoms with Gasteiger partial charge in [0.25, 0.3) is 0 Å². The van der Waals surface area contributed by atoms with E-state index in [1.54, 1.807) is 19.2 Å². The Kier molecular flexibility index (Phi) is 4.50. The lowest BCUT2D eigenvalue weighted by atomic mass is 9.85. The number of nitrogens with zero attached hydrogens (tertiary/aromatic N) is 3. The van der Waals surface area contributed by atoms with E-state index in [2.05, 4.69) is 9.88 Å². The number of likely N-dealkylation sites (tertiary alicyclic amines) is 1. The highest BCUT2D eigenvalue weighted by Crippen LogP contribution is 2.36. The number of carbonyl (C=O) groups excluding carboxylic acids is 1. The Morgan fingerprint density at radius 2 is 2.00 bits per heavy atom. The molecule has 138 valence electrons. The first-order chi connectivity index (χ1) is 12.6. The van der Waals surface area contributed by atoms with Gasteiger partial charge in [-0.1, -0.05) is 0 Å². The van der Waals surface area contributed by atoms with Crippen molar-refractivity contribution in [3.8, 4) is 11.3 Å². The van der Waals surface area contributed by atoms with Crippen LogP contribution in [0.15, 0.2) is 30.5 Å². The van der Waals surface area contributed by atoms with Crippen LogP contribution < -0.4 is 5.32 Å². The van der Waals surface area contributed by atoms with Crippen LogP contribution in [0.5, 0.6) is 0 Å². The Balaban J connectivity index is 1.59. The summed E-state index contributed by atoms with van der Waals surface area (Å²) in [5, 5.41) is 3.64. The maximum atomic E-state index is 13.2. The van der Waals surface area contributed by atoms with Gasteiger partial charge in [-0.15, -0.1) is 0 Å². The first-order valence-corrected chi connectivity index (χ1v) is 8.97. The molecule has 7 heteroatoms. The smallest absolute Gasteiger partial charge is 0.248 e. The number of imidazole rings is 1. The van der Waals surface area contributed by atoms with Crippen molar-refractivity contribution in [2.24, 2.45) is 0 Å². The summed E-state index contributed by atoms with van der Waals surface area (Å²) in [5.41, 5.74) is 1.77. The number of benzene rings is 1. The predicted octanol–water partition coefficient (Wildman–Crippen LogP) is 1.76. The van der Waals surface area contributed by atoms with Crippen molar-refractivity contribution in [2.45, 2.75) is 24.9 Å². The number of fused-ring (bicyclic) bond motifs is 2. The average molecular weight is 358 g/mol. The number of piperidine rings is 1. The van der Waals surface area contributed by atoms with Crippen LogP contribution >= 0.6 is 0 Å². The molecule has 6 nitrogen and oxygen atoms in total. The number of carbonyl (C=O) groups is 1. The van der Waals surface area contributed by atoms with Crippen LogP contribution in [-0.4, -0.2) is 53.7 Å². The minimum atomic E-state index is -0.238. The van der Waals surface area contributed by atoms with Crippen LogP contribution in [0.4, 0.5) is 4.39 Å². The van der Waals surface area contributed by atoms with Gasteiger partial charge in [-0.3, -0.25) is 4.79 Å². The van der Waals surface area contributed by atoms with Crippen LogP contribution in [-0.2, 0) is 21.6 Å². The number of halogens is 1. The molecule has 1 fully saturated rings. The van der Waals surface area contributed by atoms with Gasteiger partial charge in [-0.25, -0.2) is 9.37 Å². The molecule has 0 aliphatic carbocycles. The minimum absolute atomic E-state index is 0.0357. The molecule has 0 bridgehead atoms. The topological polar surface area (TPSA) is 59.4 Å². The number of hydrogen-bond donors (Lipinski definition) is 1. The van der Waals surface area contributed by atoms with Crippen molar-refractivity contribution in [1.82, 2.24) is 19.8 Å². The van der Waals surface area contributed by atoms with Crippen molar-refractivity contribution in [2.75, 3.05) is 33.4 Å². The lowest BCUT2D eigenvalue weighted by Gasteiger charge is -2.44. The molecule has 1 aromatic heterocycles. The zero-order valence-electron chi connectivity index (χ0n) is 14.9. The van der Waals surface area contributed by atoms with E-state index >= 15 is 0 Å². The van der Waals surface area contributed by atoms with Gasteiger partial charge in [-0.05, 0) is 42.7 Å². The number of amides is 1. The molecule has 1 N–H and O–H groups in total. The Bertz CT molecular complexity index is 794. The fourth-order valence-corrected chi connectivity index (χ4v) is 4.07. The lowest BCUT2D eigenvalue weighted by molar-refractivity contribution is -0.137. The SMILES string of the molecule is COCC(=O)N1CCC2(CC1)NCCn1c(-c3ccc(F)cc3)cnc12. The van der Waals surface area contributed by atoms with E-state index in [1.165, 1.54) is 12.1 Å². The van der Waals surface area contributed by atoms with Gasteiger partial charge in [-0.2, -0.15) is 0 Å². The molecule has 0 radical (unpaired) electrons. The van der Waals surface area contributed by atoms with Crippen molar-refractivity contribution in [3.05, 3.63) is 42.1 Å². The zero-order valence-corrected chi connectivity index (χ0v) is 14.9. The largest absolute Gasteiger partial charge is 0.375 e. The molecule has 1 saturated heterocycles.